The molecule has 4 rings (SSSR count). The predicted octanol–water partition coefficient (Wildman–Crippen LogP) is 2.21. The van der Waals surface area contributed by atoms with Crippen molar-refractivity contribution in [3.05, 3.63) is 83.4 Å². The normalized spacial score (nSPS) is 12.0. The summed E-state index contributed by atoms with van der Waals surface area (Å²) < 4.78 is 6.81. The summed E-state index contributed by atoms with van der Waals surface area (Å²) in [5, 5.41) is 11.9. The van der Waals surface area contributed by atoms with Gasteiger partial charge in [0.15, 0.2) is 5.69 Å². The number of para-hydroxylation sites is 1. The van der Waals surface area contributed by atoms with Gasteiger partial charge in [-0.3, -0.25) is 14.3 Å². The van der Waals surface area contributed by atoms with Crippen LogP contribution in [0.1, 0.15) is 27.5 Å². The first kappa shape index (κ1) is 19.4. The van der Waals surface area contributed by atoms with Crippen molar-refractivity contribution in [3.8, 4) is 0 Å². The first-order valence-corrected chi connectivity index (χ1v) is 9.53. The van der Waals surface area contributed by atoms with Gasteiger partial charge >= 0.3 is 0 Å². The Morgan fingerprint density at radius 3 is 2.57 bits per heavy atom. The average molecular weight is 403 g/mol. The van der Waals surface area contributed by atoms with Crippen LogP contribution in [-0.2, 0) is 17.8 Å². The summed E-state index contributed by atoms with van der Waals surface area (Å²) in [5.74, 6) is -0.361. The Morgan fingerprint density at radius 2 is 1.87 bits per heavy atom. The van der Waals surface area contributed by atoms with Gasteiger partial charge < -0.3 is 15.6 Å². The summed E-state index contributed by atoms with van der Waals surface area (Å²) in [6, 6.07) is 17.8. The van der Waals surface area contributed by atoms with Crippen LogP contribution >= 0.6 is 0 Å². The molecule has 2 aromatic carbocycles. The predicted molar refractivity (Wildman–Crippen MR) is 111 cm³/mol. The van der Waals surface area contributed by atoms with Gasteiger partial charge in [-0.15, -0.1) is 0 Å². The summed E-state index contributed by atoms with van der Waals surface area (Å²) in [6.45, 7) is 2.17. The Balaban J connectivity index is 1.61. The van der Waals surface area contributed by atoms with E-state index in [0.717, 1.165) is 11.1 Å². The van der Waals surface area contributed by atoms with Gasteiger partial charge in [0, 0.05) is 17.9 Å². The van der Waals surface area contributed by atoms with Gasteiger partial charge in [-0.1, -0.05) is 53.7 Å². The van der Waals surface area contributed by atoms with E-state index in [2.05, 4.69) is 15.6 Å². The molecular formula is C22H21N5O3. The number of carbonyl (C=O) groups excluding carboxylic acids is 2. The zero-order valence-corrected chi connectivity index (χ0v) is 16.4. The topological polar surface area (TPSA) is 116 Å². The molecule has 0 spiro atoms. The third-order valence-electron chi connectivity index (χ3n) is 4.79. The highest BCUT2D eigenvalue weighted by atomic mass is 16.5. The molecule has 0 saturated carbocycles. The number of hydrogen-bond acceptors (Lipinski definition) is 5. The van der Waals surface area contributed by atoms with Crippen molar-refractivity contribution < 1.29 is 14.1 Å². The quantitative estimate of drug-likeness (QED) is 0.491. The monoisotopic (exact) mass is 403 g/mol. The first-order chi connectivity index (χ1) is 14.5. The van der Waals surface area contributed by atoms with E-state index < -0.39 is 17.9 Å². The standard InChI is InChI=1S/C22H21N5O3/c1-14-11-16(26-30-14)13-27-19-10-6-5-9-17(19)20(25-27)22(29)24-18(21(23)28)12-15-7-3-2-4-8-15/h2-11,18H,12-13H2,1H3,(H2,23,28)(H,24,29). The minimum absolute atomic E-state index is 0.227. The number of hydrogen-bond donors (Lipinski definition) is 2. The smallest absolute Gasteiger partial charge is 0.273 e. The van der Waals surface area contributed by atoms with Crippen LogP contribution in [0.25, 0.3) is 10.9 Å². The minimum atomic E-state index is -0.845. The summed E-state index contributed by atoms with van der Waals surface area (Å²) in [7, 11) is 0. The summed E-state index contributed by atoms with van der Waals surface area (Å²) in [5.41, 5.74) is 8.14. The molecule has 152 valence electrons. The molecule has 0 aliphatic carbocycles. The molecule has 30 heavy (non-hydrogen) atoms. The molecular weight excluding hydrogens is 382 g/mol. The second kappa shape index (κ2) is 8.20. The zero-order valence-electron chi connectivity index (χ0n) is 16.4. The summed E-state index contributed by atoms with van der Waals surface area (Å²) >= 11 is 0. The van der Waals surface area contributed by atoms with Crippen LogP contribution in [0.5, 0.6) is 0 Å². The maximum atomic E-state index is 13.0. The zero-order chi connectivity index (χ0) is 21.1. The number of rotatable bonds is 7. The largest absolute Gasteiger partial charge is 0.368 e. The van der Waals surface area contributed by atoms with Crippen molar-refractivity contribution in [1.82, 2.24) is 20.3 Å². The van der Waals surface area contributed by atoms with E-state index in [1.807, 2.05) is 67.6 Å². The van der Waals surface area contributed by atoms with Crippen molar-refractivity contribution in [2.45, 2.75) is 25.9 Å². The van der Waals surface area contributed by atoms with Crippen LogP contribution < -0.4 is 11.1 Å². The van der Waals surface area contributed by atoms with Gasteiger partial charge in [-0.05, 0) is 18.6 Å². The number of benzene rings is 2. The molecule has 2 heterocycles. The molecule has 3 N–H and O–H groups in total. The lowest BCUT2D eigenvalue weighted by Gasteiger charge is -2.15. The van der Waals surface area contributed by atoms with E-state index in [1.54, 1.807) is 4.68 Å². The second-order valence-electron chi connectivity index (χ2n) is 7.07. The number of carbonyl (C=O) groups is 2. The molecule has 2 aromatic heterocycles. The van der Waals surface area contributed by atoms with Crippen LogP contribution in [0.3, 0.4) is 0 Å². The fourth-order valence-corrected chi connectivity index (χ4v) is 3.36. The number of aryl methyl sites for hydroxylation is 1. The Morgan fingerprint density at radius 1 is 1.13 bits per heavy atom. The number of fused-ring (bicyclic) bond motifs is 1. The molecule has 2 amide bonds. The lowest BCUT2D eigenvalue weighted by Crippen LogP contribution is -2.46. The summed E-state index contributed by atoms with van der Waals surface area (Å²) in [6.07, 6.45) is 0.304. The molecule has 4 aromatic rings. The molecule has 0 radical (unpaired) electrons. The van der Waals surface area contributed by atoms with Gasteiger partial charge in [0.1, 0.15) is 17.5 Å². The number of nitrogens with two attached hydrogens (primary N) is 1. The van der Waals surface area contributed by atoms with E-state index in [-0.39, 0.29) is 5.69 Å². The third-order valence-corrected chi connectivity index (χ3v) is 4.79. The minimum Gasteiger partial charge on any atom is -0.368 e. The SMILES string of the molecule is Cc1cc(Cn2nc(C(=O)NC(Cc3ccccc3)C(N)=O)c3ccccc32)no1. The Hall–Kier alpha value is -3.94. The fourth-order valence-electron chi connectivity index (χ4n) is 3.36. The number of nitrogens with one attached hydrogen (secondary N) is 1. The molecule has 0 fully saturated rings. The van der Waals surface area contributed by atoms with Crippen LogP contribution in [0.15, 0.2) is 65.2 Å². The maximum Gasteiger partial charge on any atom is 0.273 e. The molecule has 0 aliphatic rings. The van der Waals surface area contributed by atoms with Crippen molar-refractivity contribution in [3.63, 3.8) is 0 Å². The van der Waals surface area contributed by atoms with Gasteiger partial charge in [0.05, 0.1) is 12.1 Å². The second-order valence-corrected chi connectivity index (χ2v) is 7.07. The summed E-state index contributed by atoms with van der Waals surface area (Å²) in [4.78, 5) is 25.0. The Kier molecular flexibility index (Phi) is 5.30. The maximum absolute atomic E-state index is 13.0. The van der Waals surface area contributed by atoms with Crippen molar-refractivity contribution >= 4 is 22.7 Å². The lowest BCUT2D eigenvalue weighted by atomic mass is 10.1. The van der Waals surface area contributed by atoms with Gasteiger partial charge in [-0.2, -0.15) is 5.10 Å². The Bertz CT molecular complexity index is 1200. The van der Waals surface area contributed by atoms with E-state index in [4.69, 9.17) is 10.3 Å². The average Bonchev–Trinajstić information content (AvgIpc) is 3.32. The van der Waals surface area contributed by atoms with Gasteiger partial charge in [0.25, 0.3) is 5.91 Å². The molecule has 0 bridgehead atoms. The van der Waals surface area contributed by atoms with Crippen molar-refractivity contribution in [2.75, 3.05) is 0 Å². The highest BCUT2D eigenvalue weighted by Gasteiger charge is 2.23. The van der Waals surface area contributed by atoms with Crippen molar-refractivity contribution in [2.24, 2.45) is 5.73 Å². The van der Waals surface area contributed by atoms with E-state index >= 15 is 0 Å². The van der Waals surface area contributed by atoms with Gasteiger partial charge in [-0.25, -0.2) is 0 Å². The lowest BCUT2D eigenvalue weighted by molar-refractivity contribution is -0.119. The third kappa shape index (κ3) is 4.07. The number of aromatic nitrogens is 3. The van der Waals surface area contributed by atoms with Crippen LogP contribution in [-0.4, -0.2) is 32.8 Å². The Labute approximate surface area is 172 Å². The molecule has 8 nitrogen and oxygen atoms in total. The van der Waals surface area contributed by atoms with Crippen LogP contribution in [0.4, 0.5) is 0 Å². The van der Waals surface area contributed by atoms with Gasteiger partial charge in [0.2, 0.25) is 5.91 Å². The molecule has 0 saturated heterocycles. The van der Waals surface area contributed by atoms with Crippen LogP contribution in [0, 0.1) is 6.92 Å². The first-order valence-electron chi connectivity index (χ1n) is 9.53. The highest BCUT2D eigenvalue weighted by Crippen LogP contribution is 2.20. The van der Waals surface area contributed by atoms with Crippen molar-refractivity contribution in [1.29, 1.82) is 0 Å². The fraction of sp³-hybridized carbons (Fsp3) is 0.182. The van der Waals surface area contributed by atoms with E-state index in [0.29, 0.717) is 29.8 Å². The van der Waals surface area contributed by atoms with E-state index in [1.165, 1.54) is 0 Å². The van der Waals surface area contributed by atoms with Crippen LogP contribution in [0.2, 0.25) is 0 Å². The molecule has 0 aliphatic heterocycles. The highest BCUT2D eigenvalue weighted by molar-refractivity contribution is 6.06. The molecule has 8 heteroatoms. The molecule has 1 atom stereocenters. The number of nitrogens with zero attached hydrogens (tertiary/aromatic N) is 3. The number of primary amides is 1. The number of amides is 2. The molecule has 1 unspecified atom stereocenters. The van der Waals surface area contributed by atoms with E-state index in [9.17, 15) is 9.59 Å².